The maximum atomic E-state index is 13.4. The highest BCUT2D eigenvalue weighted by molar-refractivity contribution is 5.77. The van der Waals surface area contributed by atoms with Gasteiger partial charge in [-0.05, 0) is 13.8 Å². The molecule has 11 saturated heterocycles. The number of amides is 5. The van der Waals surface area contributed by atoms with Crippen molar-refractivity contribution in [3.63, 3.8) is 0 Å². The van der Waals surface area contributed by atoms with Crippen LogP contribution in [0.4, 0.5) is 0 Å². The molecule has 62 heteroatoms. The number of carboxylic acids is 1. The Hall–Kier alpha value is -5.18. The summed E-state index contributed by atoms with van der Waals surface area (Å²) in [6, 6.07) is -9.62. The number of hydrogen-bond acceptors (Lipinski definition) is 56. The number of carbonyl (C=O) groups excluding carboxylic acids is 5. The van der Waals surface area contributed by atoms with Crippen molar-refractivity contribution in [3.8, 4) is 0 Å². The van der Waals surface area contributed by atoms with Gasteiger partial charge in [0.25, 0.3) is 5.79 Å². The van der Waals surface area contributed by atoms with Gasteiger partial charge in [-0.1, -0.05) is 0 Å². The molecule has 56 atom stereocenters. The summed E-state index contributed by atoms with van der Waals surface area (Å²) in [5, 5.41) is 350. The zero-order valence-corrected chi connectivity index (χ0v) is 76.3. The first-order chi connectivity index (χ1) is 66.4. The maximum Gasteiger partial charge on any atom is 0.364 e. The minimum atomic E-state index is -3.12. The number of carboxylic acid groups (broad SMARTS) is 1. The van der Waals surface area contributed by atoms with Crippen LogP contribution in [0.1, 0.15) is 54.9 Å². The van der Waals surface area contributed by atoms with Gasteiger partial charge in [-0.2, -0.15) is 0 Å². The van der Waals surface area contributed by atoms with E-state index in [-0.39, 0.29) is 0 Å². The number of aliphatic hydroxyl groups is 29. The number of aliphatic carboxylic acids is 1. The highest BCUT2D eigenvalue weighted by atomic mass is 16.8. The fourth-order valence-corrected chi connectivity index (χ4v) is 18.2. The minimum absolute atomic E-state index is 0.852. The standard InChI is InChI=1S/C79H131N5O57/c1-18-40(98)51(109)56(114)72(124-18)121-16-34-62(48(106)36(68(118)126-34)81-21(4)92)134-69-37(82-22(5)93)49(107)61(31(14-90)130-69)136-75-59(117)65(47(105)32(132-75)15-122-76-66(54(112)43(101)27(10-86)128-76)139-71-39(84-24(7)95)63(46(104)29(12-88)127-71)137-73-57(115)52(110)41(99)19(2)125-73)138-77-67(55(113)44(102)28(11-87)129-77)140-70-38(83-23(6)94)50(108)60(30(13-89)131-70)135-74-58(116)53(111)45(103)33(133-74)17-123-79(78(119)120)8-25(96)35(80-20(3)91)64(141-79)42(100)26(97)9-85/h18-19,25-77,85-90,96-118H,8-17H2,1-7H3,(H,80,91)(H,81,92)(H,82,93)(H,83,94)(H,84,95)(H,119,120)/t18-,19-,25-,26+,27+,28+,29+,30+,31+,32+,33+,34+,35+,36+,37+,38-,39+,40+,41+,42+,43+,44+,45-,46+,47+,48+,49+,50+,51+,52+,53-,54-,55-,56-,57-,58+,59-,60+,61+,62+,63+,64+,65-,66-,67-,68?,69-,70-,71-,72+,73-,74-,75-,76-,77+,79+/m0/s1. The molecular weight excluding hydrogens is 1930 g/mol. The number of nitrogens with one attached hydrogen (secondary N) is 5. The summed E-state index contributed by atoms with van der Waals surface area (Å²) in [6.07, 6.45) is -108. The molecular formula is C79H131N5O57. The van der Waals surface area contributed by atoms with Crippen molar-refractivity contribution in [1.29, 1.82) is 0 Å². The molecule has 0 aromatic rings. The topological polar surface area (TPSA) is 963 Å². The normalized spacial score (nSPS) is 48.3. The Morgan fingerprint density at radius 1 is 0.305 bits per heavy atom. The third-order valence-corrected chi connectivity index (χ3v) is 25.9. The van der Waals surface area contributed by atoms with E-state index in [2.05, 4.69) is 26.6 Å². The van der Waals surface area contributed by atoms with Gasteiger partial charge < -0.3 is 279 Å². The Morgan fingerprint density at radius 3 is 1.13 bits per heavy atom. The SMILES string of the molecule is CC(=O)N[C@@H]1[C@H](O[C@@H]2[C@@H](O[C@@H]3[C@H](O)[C@H](O[C@H]4[C@H](O)[C@@H](NC(C)=O)[C@H](O[C@H]5[C@H](O)[C@@H](NC(C)=O)C(O)O[C@@H]5CO[C@@H]5O[C@@H](C)[C@@H](O)[C@@H](O)[C@@H]5O)O[C@@H]4CO)O[C@H](CO[C@H]4O[C@H](CO)[C@@H](O)[C@H](O)[C@@H]4O[C@@H]4O[C@H](CO)[C@@H](O)[C@H](O[C@@H]5O[C@@H](C)[C@@H](O)[C@@H](O)[C@@H]5O)[C@H]4NC(C)=O)[C@H]3O)O[C@H](CO)[C@@H](O)[C@@H]2O)O[C@H](CO)[C@@H](O[C@@H]2O[C@H](CO[C@]3(C(=O)O)C[C@H](O)[C@@H](NC(C)=O)[C@H]([C@H](O)[C@H](O)CO)O3)[C@H](O)[C@H](O)[C@H]2O)[C@@H]1O. The summed E-state index contributed by atoms with van der Waals surface area (Å²) in [5.41, 5.74) is 0. The van der Waals surface area contributed by atoms with Gasteiger partial charge in [0.05, 0.1) is 83.8 Å². The lowest BCUT2D eigenvalue weighted by molar-refractivity contribution is -0.399. The molecule has 0 aliphatic carbocycles. The molecule has 11 aliphatic rings. The molecule has 11 rings (SSSR count). The van der Waals surface area contributed by atoms with E-state index in [4.69, 9.17) is 99.5 Å². The number of hydrogen-bond donors (Lipinski definition) is 35. The molecule has 0 radical (unpaired) electrons. The highest BCUT2D eigenvalue weighted by Gasteiger charge is 2.64. The van der Waals surface area contributed by atoms with Crippen LogP contribution >= 0.6 is 0 Å². The van der Waals surface area contributed by atoms with Crippen molar-refractivity contribution in [1.82, 2.24) is 26.6 Å². The molecule has 35 N–H and O–H groups in total. The van der Waals surface area contributed by atoms with E-state index in [0.29, 0.717) is 0 Å². The number of carbonyl (C=O) groups is 6. The lowest BCUT2D eigenvalue weighted by Gasteiger charge is -2.51. The lowest BCUT2D eigenvalue weighted by atomic mass is 9.88. The zero-order chi connectivity index (χ0) is 104. The summed E-state index contributed by atoms with van der Waals surface area (Å²) in [5.74, 6) is -9.97. The largest absolute Gasteiger partial charge is 0.477 e. The van der Waals surface area contributed by atoms with Crippen molar-refractivity contribution in [2.24, 2.45) is 0 Å². The van der Waals surface area contributed by atoms with E-state index in [1.165, 1.54) is 13.8 Å². The molecule has 0 spiro atoms. The van der Waals surface area contributed by atoms with Crippen LogP contribution in [0, 0.1) is 0 Å². The van der Waals surface area contributed by atoms with Crippen LogP contribution in [0.25, 0.3) is 0 Å². The van der Waals surface area contributed by atoms with Gasteiger partial charge in [0.2, 0.25) is 29.5 Å². The summed E-state index contributed by atoms with van der Waals surface area (Å²) < 4.78 is 125. The van der Waals surface area contributed by atoms with Crippen LogP contribution in [-0.2, 0) is 128 Å². The second kappa shape index (κ2) is 50.0. The Bertz CT molecular complexity index is 3990. The van der Waals surface area contributed by atoms with E-state index in [0.717, 1.165) is 34.6 Å². The van der Waals surface area contributed by atoms with Crippen molar-refractivity contribution in [3.05, 3.63) is 0 Å². The van der Waals surface area contributed by atoms with Crippen LogP contribution in [0.2, 0.25) is 0 Å². The molecule has 1 unspecified atom stereocenters. The molecule has 0 bridgehead atoms. The van der Waals surface area contributed by atoms with Gasteiger partial charge >= 0.3 is 5.97 Å². The quantitative estimate of drug-likeness (QED) is 0.0275. The van der Waals surface area contributed by atoms with Gasteiger partial charge in [-0.15, -0.1) is 0 Å². The highest BCUT2D eigenvalue weighted by Crippen LogP contribution is 2.43. The fourth-order valence-electron chi connectivity index (χ4n) is 18.2. The molecule has 0 saturated carbocycles. The molecule has 62 nitrogen and oxygen atoms in total. The molecule has 11 aliphatic heterocycles. The molecule has 11 fully saturated rings. The summed E-state index contributed by atoms with van der Waals surface area (Å²) in [6.45, 7) is -3.62. The fraction of sp³-hybridized carbons (Fsp3) is 0.924. The van der Waals surface area contributed by atoms with Gasteiger partial charge in [-0.3, -0.25) is 24.0 Å². The predicted molar refractivity (Wildman–Crippen MR) is 435 cm³/mol. The maximum absolute atomic E-state index is 13.4. The van der Waals surface area contributed by atoms with E-state index in [9.17, 15) is 182 Å². The number of aliphatic hydroxyl groups excluding tert-OH is 29. The Labute approximate surface area is 798 Å². The molecule has 0 aromatic heterocycles. The number of ether oxygens (including phenoxy) is 21. The molecule has 0 aromatic carbocycles. The summed E-state index contributed by atoms with van der Waals surface area (Å²) in [4.78, 5) is 77.6. The van der Waals surface area contributed by atoms with Crippen molar-refractivity contribution in [2.75, 3.05) is 59.5 Å². The minimum Gasteiger partial charge on any atom is -0.477 e. The van der Waals surface area contributed by atoms with Gasteiger partial charge in [-0.25, -0.2) is 4.79 Å². The van der Waals surface area contributed by atoms with E-state index >= 15 is 0 Å². The Kier molecular flexibility index (Phi) is 41.1. The van der Waals surface area contributed by atoms with E-state index in [1.807, 2.05) is 0 Å². The second-order valence-corrected chi connectivity index (χ2v) is 36.0. The van der Waals surface area contributed by atoms with Crippen LogP contribution in [0.3, 0.4) is 0 Å². The average Bonchev–Trinajstić information content (AvgIpc) is 0.787. The first-order valence-corrected chi connectivity index (χ1v) is 45.0. The van der Waals surface area contributed by atoms with Crippen molar-refractivity contribution in [2.45, 2.75) is 398 Å². The lowest BCUT2D eigenvalue weighted by Crippen LogP contribution is -2.71. The zero-order valence-electron chi connectivity index (χ0n) is 76.3. The summed E-state index contributed by atoms with van der Waals surface area (Å²) >= 11 is 0. The molecule has 141 heavy (non-hydrogen) atoms. The Balaban J connectivity index is 0.913. The first kappa shape index (κ1) is 116. The smallest absolute Gasteiger partial charge is 0.364 e. The number of rotatable bonds is 37. The van der Waals surface area contributed by atoms with Gasteiger partial charge in [0.15, 0.2) is 62.9 Å². The average molecular weight is 2060 g/mol. The molecule has 814 valence electrons. The Morgan fingerprint density at radius 2 is 0.638 bits per heavy atom. The van der Waals surface area contributed by atoms with Crippen LogP contribution < -0.4 is 26.6 Å². The first-order valence-electron chi connectivity index (χ1n) is 45.0. The molecule has 5 amide bonds. The monoisotopic (exact) mass is 2060 g/mol. The van der Waals surface area contributed by atoms with E-state index < -0.39 is 444 Å². The molecule has 11 heterocycles. The third-order valence-electron chi connectivity index (χ3n) is 25.9. The van der Waals surface area contributed by atoms with Crippen LogP contribution in [-0.4, -0.2) is 591 Å². The summed E-state index contributed by atoms with van der Waals surface area (Å²) in [7, 11) is 0. The van der Waals surface area contributed by atoms with Crippen molar-refractivity contribution < 1.29 is 281 Å². The van der Waals surface area contributed by atoms with Gasteiger partial charge in [0.1, 0.15) is 250 Å². The third kappa shape index (κ3) is 25.9. The van der Waals surface area contributed by atoms with E-state index in [1.54, 1.807) is 0 Å². The second-order valence-electron chi connectivity index (χ2n) is 36.0. The van der Waals surface area contributed by atoms with Gasteiger partial charge in [0, 0.05) is 41.0 Å². The predicted octanol–water partition coefficient (Wildman–Crippen LogP) is -23.0. The van der Waals surface area contributed by atoms with Crippen LogP contribution in [0.15, 0.2) is 0 Å². The van der Waals surface area contributed by atoms with Crippen LogP contribution in [0.5, 0.6) is 0 Å². The van der Waals surface area contributed by atoms with Crippen molar-refractivity contribution >= 4 is 35.5 Å².